The van der Waals surface area contributed by atoms with Gasteiger partial charge in [-0.1, -0.05) is 6.92 Å². The van der Waals surface area contributed by atoms with Gasteiger partial charge >= 0.3 is 0 Å². The monoisotopic (exact) mass is 390 g/mol. The Morgan fingerprint density at radius 1 is 1.26 bits per heavy atom. The van der Waals surface area contributed by atoms with Crippen LogP contribution in [0.1, 0.15) is 46.7 Å². The van der Waals surface area contributed by atoms with Crippen LogP contribution in [0.5, 0.6) is 5.75 Å². The van der Waals surface area contributed by atoms with Crippen molar-refractivity contribution in [3.05, 3.63) is 50.7 Å². The maximum Gasteiger partial charge on any atom is 0.198 e. The first-order valence-electron chi connectivity index (χ1n) is 9.41. The molecular weight excluding hydrogens is 364 g/mol. The highest BCUT2D eigenvalue weighted by atomic mass is 32.1. The van der Waals surface area contributed by atoms with E-state index in [1.165, 1.54) is 9.75 Å². The fraction of sp³-hybridized carbons (Fsp3) is 0.524. The molecule has 0 aliphatic carbocycles. The lowest BCUT2D eigenvalue weighted by molar-refractivity contribution is -0.318. The third-order valence-electron chi connectivity index (χ3n) is 5.54. The summed E-state index contributed by atoms with van der Waals surface area (Å²) in [7, 11) is 1.68. The zero-order valence-electron chi connectivity index (χ0n) is 15.9. The van der Waals surface area contributed by atoms with Crippen molar-refractivity contribution in [2.75, 3.05) is 7.11 Å². The molecular formula is C21H26O5S. The molecule has 2 aliphatic heterocycles. The quantitative estimate of drug-likeness (QED) is 0.840. The summed E-state index contributed by atoms with van der Waals surface area (Å²) < 4.78 is 17.7. The van der Waals surface area contributed by atoms with Crippen molar-refractivity contribution in [3.63, 3.8) is 0 Å². The summed E-state index contributed by atoms with van der Waals surface area (Å²) >= 11 is 1.82. The van der Waals surface area contributed by atoms with E-state index in [0.29, 0.717) is 6.61 Å². The molecule has 4 rings (SSSR count). The van der Waals surface area contributed by atoms with Crippen molar-refractivity contribution >= 4 is 11.3 Å². The number of ether oxygens (including phenoxy) is 3. The Labute approximate surface area is 163 Å². The Hall–Kier alpha value is -1.44. The van der Waals surface area contributed by atoms with E-state index in [0.717, 1.165) is 35.3 Å². The first kappa shape index (κ1) is 18.9. The van der Waals surface area contributed by atoms with Crippen molar-refractivity contribution in [2.45, 2.75) is 63.8 Å². The second kappa shape index (κ2) is 7.18. The second-order valence-electron chi connectivity index (χ2n) is 7.35. The molecule has 146 valence electrons. The van der Waals surface area contributed by atoms with Crippen molar-refractivity contribution in [2.24, 2.45) is 0 Å². The molecule has 1 aromatic carbocycles. The third kappa shape index (κ3) is 3.30. The van der Waals surface area contributed by atoms with E-state index in [9.17, 15) is 10.2 Å². The Kier molecular flexibility index (Phi) is 5.03. The van der Waals surface area contributed by atoms with Crippen LogP contribution in [-0.2, 0) is 34.7 Å². The number of aryl methyl sites for hydroxylation is 1. The largest absolute Gasteiger partial charge is 0.496 e. The smallest absolute Gasteiger partial charge is 0.198 e. The molecule has 27 heavy (non-hydrogen) atoms. The number of aliphatic hydroxyl groups is 2. The standard InChI is InChI=1S/C21H26O5S/c1-4-15-5-6-16(27-15)7-13-8-17-14(9-19(13)24-3)11-25-21(17)10-18(22)20(23)12(2)26-21/h5-6,8-9,12,18,20,22-23H,4,7,10-11H2,1-3H3/t12-,18-,20?,21-/m1/s1. The third-order valence-corrected chi connectivity index (χ3v) is 6.77. The predicted octanol–water partition coefficient (Wildman–Crippen LogP) is 3.12. The van der Waals surface area contributed by atoms with E-state index in [1.54, 1.807) is 14.0 Å². The molecule has 0 amide bonds. The van der Waals surface area contributed by atoms with Crippen LogP contribution in [0.25, 0.3) is 0 Å². The molecule has 5 nitrogen and oxygen atoms in total. The highest BCUT2D eigenvalue weighted by molar-refractivity contribution is 7.12. The average Bonchev–Trinajstić information content (AvgIpc) is 3.24. The zero-order chi connectivity index (χ0) is 19.2. The van der Waals surface area contributed by atoms with Gasteiger partial charge < -0.3 is 24.4 Å². The lowest BCUT2D eigenvalue weighted by atomic mass is 9.89. The molecule has 1 saturated heterocycles. The molecule has 4 atom stereocenters. The van der Waals surface area contributed by atoms with Crippen LogP contribution < -0.4 is 4.74 Å². The molecule has 2 N–H and O–H groups in total. The Balaban J connectivity index is 1.71. The normalized spacial score (nSPS) is 29.9. The number of fused-ring (bicyclic) bond motifs is 2. The number of hydrogen-bond donors (Lipinski definition) is 2. The Morgan fingerprint density at radius 3 is 2.70 bits per heavy atom. The lowest BCUT2D eigenvalue weighted by Gasteiger charge is -2.42. The van der Waals surface area contributed by atoms with E-state index in [-0.39, 0.29) is 6.42 Å². The summed E-state index contributed by atoms with van der Waals surface area (Å²) in [5, 5.41) is 20.3. The summed E-state index contributed by atoms with van der Waals surface area (Å²) in [6, 6.07) is 8.44. The number of benzene rings is 1. The van der Waals surface area contributed by atoms with Gasteiger partial charge in [0.2, 0.25) is 0 Å². The molecule has 1 aromatic heterocycles. The van der Waals surface area contributed by atoms with E-state index >= 15 is 0 Å². The van der Waals surface area contributed by atoms with Crippen LogP contribution in [0.3, 0.4) is 0 Å². The minimum absolute atomic E-state index is 0.219. The molecule has 1 spiro atoms. The molecule has 0 radical (unpaired) electrons. The van der Waals surface area contributed by atoms with Gasteiger partial charge in [-0.05, 0) is 48.7 Å². The van der Waals surface area contributed by atoms with Crippen LogP contribution in [0.4, 0.5) is 0 Å². The van der Waals surface area contributed by atoms with Gasteiger partial charge in [0, 0.05) is 28.2 Å². The highest BCUT2D eigenvalue weighted by Gasteiger charge is 2.50. The fourth-order valence-electron chi connectivity index (χ4n) is 4.03. The van der Waals surface area contributed by atoms with Gasteiger partial charge in [0.05, 0.1) is 25.9 Å². The summed E-state index contributed by atoms with van der Waals surface area (Å²) in [6.07, 6.45) is -0.257. The molecule has 1 unspecified atom stereocenters. The van der Waals surface area contributed by atoms with Crippen LogP contribution in [0.2, 0.25) is 0 Å². The van der Waals surface area contributed by atoms with Gasteiger partial charge in [0.25, 0.3) is 0 Å². The highest BCUT2D eigenvalue weighted by Crippen LogP contribution is 2.47. The van der Waals surface area contributed by atoms with Crippen LogP contribution >= 0.6 is 11.3 Å². The predicted molar refractivity (Wildman–Crippen MR) is 103 cm³/mol. The Morgan fingerprint density at radius 2 is 2.04 bits per heavy atom. The number of methoxy groups -OCH3 is 1. The number of thiophene rings is 1. The van der Waals surface area contributed by atoms with Crippen LogP contribution in [0.15, 0.2) is 24.3 Å². The summed E-state index contributed by atoms with van der Waals surface area (Å²) in [5.74, 6) is -0.163. The summed E-state index contributed by atoms with van der Waals surface area (Å²) in [4.78, 5) is 2.65. The van der Waals surface area contributed by atoms with Gasteiger partial charge in [0.1, 0.15) is 11.9 Å². The second-order valence-corrected chi connectivity index (χ2v) is 8.60. The number of aliphatic hydroxyl groups excluding tert-OH is 2. The zero-order valence-corrected chi connectivity index (χ0v) is 16.7. The van der Waals surface area contributed by atoms with E-state index in [4.69, 9.17) is 14.2 Å². The number of rotatable bonds is 4. The molecule has 2 aliphatic rings. The van der Waals surface area contributed by atoms with Crippen LogP contribution in [-0.4, -0.2) is 35.6 Å². The van der Waals surface area contributed by atoms with Gasteiger partial charge in [-0.2, -0.15) is 0 Å². The van der Waals surface area contributed by atoms with Crippen molar-refractivity contribution < 1.29 is 24.4 Å². The van der Waals surface area contributed by atoms with Gasteiger partial charge in [0.15, 0.2) is 5.79 Å². The molecule has 0 bridgehead atoms. The summed E-state index contributed by atoms with van der Waals surface area (Å²) in [5.41, 5.74) is 3.01. The maximum atomic E-state index is 10.3. The topological polar surface area (TPSA) is 68.2 Å². The molecule has 6 heteroatoms. The van der Waals surface area contributed by atoms with E-state index in [2.05, 4.69) is 25.1 Å². The van der Waals surface area contributed by atoms with Crippen LogP contribution in [0, 0.1) is 0 Å². The molecule has 2 aromatic rings. The van der Waals surface area contributed by atoms with Crippen molar-refractivity contribution in [1.29, 1.82) is 0 Å². The minimum Gasteiger partial charge on any atom is -0.496 e. The van der Waals surface area contributed by atoms with Gasteiger partial charge in [-0.15, -0.1) is 11.3 Å². The summed E-state index contributed by atoms with van der Waals surface area (Å²) in [6.45, 7) is 4.33. The Bertz CT molecular complexity index is 818. The fourth-order valence-corrected chi connectivity index (χ4v) is 5.01. The SMILES string of the molecule is CCc1ccc(Cc2cc3c(cc2OC)CO[C@@]32C[C@@H](O)C(O)[C@@H](C)O2)s1. The lowest BCUT2D eigenvalue weighted by Crippen LogP contribution is -2.52. The molecule has 0 saturated carbocycles. The first-order valence-corrected chi connectivity index (χ1v) is 10.2. The van der Waals surface area contributed by atoms with E-state index in [1.807, 2.05) is 17.4 Å². The first-order chi connectivity index (χ1) is 13.0. The van der Waals surface area contributed by atoms with Crippen molar-refractivity contribution in [1.82, 2.24) is 0 Å². The van der Waals surface area contributed by atoms with E-state index < -0.39 is 24.1 Å². The molecule has 1 fully saturated rings. The van der Waals surface area contributed by atoms with Gasteiger partial charge in [-0.3, -0.25) is 0 Å². The van der Waals surface area contributed by atoms with Gasteiger partial charge in [-0.25, -0.2) is 0 Å². The maximum absolute atomic E-state index is 10.3. The average molecular weight is 391 g/mol. The minimum atomic E-state index is -1.00. The van der Waals surface area contributed by atoms with Crippen molar-refractivity contribution in [3.8, 4) is 5.75 Å². The number of hydrogen-bond acceptors (Lipinski definition) is 6. The molecule has 3 heterocycles.